The number of nitrogens with zero attached hydrogens (tertiary/aromatic N) is 2. The first-order chi connectivity index (χ1) is 8.80. The number of anilines is 1. The van der Waals surface area contributed by atoms with E-state index >= 15 is 0 Å². The molecule has 19 heavy (non-hydrogen) atoms. The van der Waals surface area contributed by atoms with Crippen molar-refractivity contribution in [2.24, 2.45) is 11.8 Å². The fourth-order valence-electron chi connectivity index (χ4n) is 2.78. The summed E-state index contributed by atoms with van der Waals surface area (Å²) in [5.41, 5.74) is -0.243. The van der Waals surface area contributed by atoms with E-state index in [1.54, 1.807) is 17.0 Å². The average Bonchev–Trinajstić information content (AvgIpc) is 2.62. The Labute approximate surface area is 115 Å². The van der Waals surface area contributed by atoms with Crippen molar-refractivity contribution < 1.29 is 0 Å². The predicted molar refractivity (Wildman–Crippen MR) is 78.5 cm³/mol. The average molecular weight is 263 g/mol. The number of hydrogen-bond donors (Lipinski definition) is 1. The summed E-state index contributed by atoms with van der Waals surface area (Å²) in [7, 11) is 0. The fraction of sp³-hybridized carbons (Fsp3) is 0.733. The molecule has 0 amide bonds. The molecule has 1 aliphatic rings. The lowest BCUT2D eigenvalue weighted by molar-refractivity contribution is 0.382. The van der Waals surface area contributed by atoms with Gasteiger partial charge in [-0.1, -0.05) is 13.8 Å². The Morgan fingerprint density at radius 2 is 2.00 bits per heavy atom. The molecule has 0 radical (unpaired) electrons. The zero-order chi connectivity index (χ0) is 14.2. The normalized spacial score (nSPS) is 27.5. The summed E-state index contributed by atoms with van der Waals surface area (Å²) < 4.78 is 1.74. The summed E-state index contributed by atoms with van der Waals surface area (Å²) in [6.07, 6.45) is 5.80. The van der Waals surface area contributed by atoms with Gasteiger partial charge in [-0.15, -0.1) is 0 Å². The first-order valence-corrected chi connectivity index (χ1v) is 7.15. The number of aromatic nitrogens is 2. The molecule has 1 aromatic rings. The van der Waals surface area contributed by atoms with E-state index in [0.29, 0.717) is 23.7 Å². The smallest absolute Gasteiger partial charge is 0.293 e. The van der Waals surface area contributed by atoms with Gasteiger partial charge in [-0.3, -0.25) is 4.79 Å². The quantitative estimate of drug-likeness (QED) is 0.892. The van der Waals surface area contributed by atoms with Crippen molar-refractivity contribution in [3.63, 3.8) is 0 Å². The van der Waals surface area contributed by atoms with Gasteiger partial charge in [0.1, 0.15) is 0 Å². The molecule has 1 heterocycles. The Bertz CT molecular complexity index is 501. The molecule has 106 valence electrons. The molecule has 1 saturated carbocycles. The maximum absolute atomic E-state index is 12.4. The molecule has 4 nitrogen and oxygen atoms in total. The Hall–Kier alpha value is -1.32. The Balaban J connectivity index is 2.25. The zero-order valence-corrected chi connectivity index (χ0v) is 12.6. The minimum absolute atomic E-state index is 0.0262. The standard InChI is InChI=1S/C15H25N3O/c1-10-6-7-12(11(10)2)17-13-14(19)18(9-8-16-13)15(3,4)5/h8-12H,6-7H2,1-5H3,(H,16,17). The van der Waals surface area contributed by atoms with Crippen LogP contribution in [0.3, 0.4) is 0 Å². The van der Waals surface area contributed by atoms with Gasteiger partial charge >= 0.3 is 0 Å². The minimum atomic E-state index is -0.217. The lowest BCUT2D eigenvalue weighted by Crippen LogP contribution is -2.37. The summed E-state index contributed by atoms with van der Waals surface area (Å²) in [6.45, 7) is 10.6. The summed E-state index contributed by atoms with van der Waals surface area (Å²) in [5.74, 6) is 1.79. The van der Waals surface area contributed by atoms with Crippen molar-refractivity contribution in [3.8, 4) is 0 Å². The Morgan fingerprint density at radius 3 is 2.53 bits per heavy atom. The topological polar surface area (TPSA) is 46.9 Å². The zero-order valence-electron chi connectivity index (χ0n) is 12.6. The van der Waals surface area contributed by atoms with E-state index in [1.165, 1.54) is 6.42 Å². The van der Waals surface area contributed by atoms with Crippen LogP contribution < -0.4 is 10.9 Å². The molecule has 2 rings (SSSR count). The highest BCUT2D eigenvalue weighted by molar-refractivity contribution is 5.33. The van der Waals surface area contributed by atoms with Gasteiger partial charge in [0.05, 0.1) is 0 Å². The third-order valence-electron chi connectivity index (χ3n) is 4.35. The van der Waals surface area contributed by atoms with Gasteiger partial charge in [0.25, 0.3) is 5.56 Å². The predicted octanol–water partition coefficient (Wildman–Crippen LogP) is 2.84. The van der Waals surface area contributed by atoms with E-state index in [-0.39, 0.29) is 11.1 Å². The largest absolute Gasteiger partial charge is 0.362 e. The van der Waals surface area contributed by atoms with Crippen LogP contribution in [0.25, 0.3) is 0 Å². The van der Waals surface area contributed by atoms with Crippen LogP contribution >= 0.6 is 0 Å². The summed E-state index contributed by atoms with van der Waals surface area (Å²) >= 11 is 0. The second-order valence-corrected chi connectivity index (χ2v) is 6.79. The van der Waals surface area contributed by atoms with Crippen LogP contribution in [-0.4, -0.2) is 15.6 Å². The van der Waals surface area contributed by atoms with Crippen LogP contribution in [-0.2, 0) is 5.54 Å². The molecule has 4 heteroatoms. The monoisotopic (exact) mass is 263 g/mol. The number of rotatable bonds is 2. The van der Waals surface area contributed by atoms with Crippen molar-refractivity contribution >= 4 is 5.82 Å². The Morgan fingerprint density at radius 1 is 1.32 bits per heavy atom. The van der Waals surface area contributed by atoms with Crippen molar-refractivity contribution in [1.29, 1.82) is 0 Å². The molecule has 0 spiro atoms. The molecule has 0 saturated heterocycles. The molecular formula is C15H25N3O. The number of nitrogens with one attached hydrogen (secondary N) is 1. The SMILES string of the molecule is CC1CCC(Nc2nccn(C(C)(C)C)c2=O)C1C. The lowest BCUT2D eigenvalue weighted by atomic mass is 9.98. The van der Waals surface area contributed by atoms with E-state index in [0.717, 1.165) is 6.42 Å². The van der Waals surface area contributed by atoms with Crippen molar-refractivity contribution in [3.05, 3.63) is 22.7 Å². The molecular weight excluding hydrogens is 238 g/mol. The van der Waals surface area contributed by atoms with Crippen molar-refractivity contribution in [2.45, 2.75) is 59.0 Å². The highest BCUT2D eigenvalue weighted by Gasteiger charge is 2.30. The van der Waals surface area contributed by atoms with E-state index in [4.69, 9.17) is 0 Å². The van der Waals surface area contributed by atoms with E-state index in [1.807, 2.05) is 20.8 Å². The molecule has 3 unspecified atom stereocenters. The molecule has 1 fully saturated rings. The van der Waals surface area contributed by atoms with Gasteiger partial charge in [-0.25, -0.2) is 4.98 Å². The molecule has 0 aliphatic heterocycles. The van der Waals surface area contributed by atoms with Gasteiger partial charge < -0.3 is 9.88 Å². The highest BCUT2D eigenvalue weighted by atomic mass is 16.1. The van der Waals surface area contributed by atoms with E-state index < -0.39 is 0 Å². The van der Waals surface area contributed by atoms with Crippen LogP contribution in [0, 0.1) is 11.8 Å². The molecule has 1 aliphatic carbocycles. The van der Waals surface area contributed by atoms with Gasteiger partial charge in [-0.05, 0) is 45.4 Å². The third-order valence-corrected chi connectivity index (χ3v) is 4.35. The third kappa shape index (κ3) is 2.82. The van der Waals surface area contributed by atoms with E-state index in [9.17, 15) is 4.79 Å². The highest BCUT2D eigenvalue weighted by Crippen LogP contribution is 2.32. The fourth-order valence-corrected chi connectivity index (χ4v) is 2.78. The summed E-state index contributed by atoms with van der Waals surface area (Å²) in [4.78, 5) is 16.7. The molecule has 1 aromatic heterocycles. The van der Waals surface area contributed by atoms with Crippen molar-refractivity contribution in [2.75, 3.05) is 5.32 Å². The molecule has 0 aromatic carbocycles. The van der Waals surface area contributed by atoms with Crippen LogP contribution in [0.5, 0.6) is 0 Å². The number of hydrogen-bond acceptors (Lipinski definition) is 3. The maximum Gasteiger partial charge on any atom is 0.293 e. The first-order valence-electron chi connectivity index (χ1n) is 7.15. The van der Waals surface area contributed by atoms with Gasteiger partial charge in [-0.2, -0.15) is 0 Å². The minimum Gasteiger partial charge on any atom is -0.362 e. The van der Waals surface area contributed by atoms with E-state index in [2.05, 4.69) is 24.1 Å². The molecule has 3 atom stereocenters. The van der Waals surface area contributed by atoms with Crippen LogP contribution in [0.2, 0.25) is 0 Å². The van der Waals surface area contributed by atoms with Crippen LogP contribution in [0.15, 0.2) is 17.2 Å². The van der Waals surface area contributed by atoms with Crippen molar-refractivity contribution in [1.82, 2.24) is 9.55 Å². The summed E-state index contributed by atoms with van der Waals surface area (Å²) in [6, 6.07) is 0.367. The second-order valence-electron chi connectivity index (χ2n) is 6.79. The summed E-state index contributed by atoms with van der Waals surface area (Å²) in [5, 5.41) is 3.36. The first kappa shape index (κ1) is 14.1. The maximum atomic E-state index is 12.4. The van der Waals surface area contributed by atoms with Gasteiger partial charge in [0.15, 0.2) is 5.82 Å². The van der Waals surface area contributed by atoms with Crippen LogP contribution in [0.1, 0.15) is 47.5 Å². The lowest BCUT2D eigenvalue weighted by Gasteiger charge is -2.24. The molecule has 1 N–H and O–H groups in total. The van der Waals surface area contributed by atoms with Gasteiger partial charge in [0, 0.05) is 24.0 Å². The van der Waals surface area contributed by atoms with Crippen LogP contribution in [0.4, 0.5) is 5.82 Å². The second kappa shape index (κ2) is 4.99. The Kier molecular flexibility index (Phi) is 3.70. The molecule has 0 bridgehead atoms. The van der Waals surface area contributed by atoms with Gasteiger partial charge in [0.2, 0.25) is 0 Å².